The quantitative estimate of drug-likeness (QED) is 0.594. The number of ether oxygens (including phenoxy) is 7. The molecular formula is C24H32O8. The van der Waals surface area contributed by atoms with E-state index in [1.54, 1.807) is 42.7 Å². The van der Waals surface area contributed by atoms with E-state index in [0.29, 0.717) is 53.9 Å². The topological polar surface area (TPSA) is 84.8 Å². The van der Waals surface area contributed by atoms with Gasteiger partial charge in [0.15, 0.2) is 29.3 Å². The first-order chi connectivity index (χ1) is 15.5. The van der Waals surface area contributed by atoms with Crippen molar-refractivity contribution in [1.82, 2.24) is 0 Å². The average molecular weight is 449 g/mol. The van der Waals surface area contributed by atoms with Gasteiger partial charge in [-0.05, 0) is 48.1 Å². The van der Waals surface area contributed by atoms with Crippen LogP contribution in [0.2, 0.25) is 0 Å². The summed E-state index contributed by atoms with van der Waals surface area (Å²) in [6.45, 7) is 0.438. The van der Waals surface area contributed by atoms with Crippen molar-refractivity contribution in [1.29, 1.82) is 0 Å². The van der Waals surface area contributed by atoms with Gasteiger partial charge in [0.1, 0.15) is 0 Å². The van der Waals surface area contributed by atoms with Gasteiger partial charge in [-0.25, -0.2) is 0 Å². The lowest BCUT2D eigenvalue weighted by Crippen LogP contribution is -2.24. The third-order valence-corrected chi connectivity index (χ3v) is 5.92. The van der Waals surface area contributed by atoms with Gasteiger partial charge in [0.2, 0.25) is 11.5 Å². The molecule has 1 fully saturated rings. The van der Waals surface area contributed by atoms with Gasteiger partial charge in [-0.1, -0.05) is 6.07 Å². The van der Waals surface area contributed by atoms with Crippen molar-refractivity contribution < 1.29 is 38.3 Å². The summed E-state index contributed by atoms with van der Waals surface area (Å²) < 4.78 is 38.5. The molecule has 1 heterocycles. The van der Waals surface area contributed by atoms with Gasteiger partial charge in [0.25, 0.3) is 0 Å². The minimum absolute atomic E-state index is 0.0658. The Morgan fingerprint density at radius 3 is 1.88 bits per heavy atom. The summed E-state index contributed by atoms with van der Waals surface area (Å²) in [6, 6.07) is 7.62. The van der Waals surface area contributed by atoms with Crippen LogP contribution in [-0.2, 0) is 17.6 Å². The van der Waals surface area contributed by atoms with E-state index in [4.69, 9.17) is 33.2 Å². The van der Waals surface area contributed by atoms with E-state index in [9.17, 15) is 5.11 Å². The van der Waals surface area contributed by atoms with Gasteiger partial charge >= 0.3 is 0 Å². The highest BCUT2D eigenvalue weighted by molar-refractivity contribution is 5.56. The lowest BCUT2D eigenvalue weighted by Gasteiger charge is -2.23. The summed E-state index contributed by atoms with van der Waals surface area (Å²) >= 11 is 0. The second kappa shape index (κ2) is 10.7. The number of methoxy groups -OCH3 is 6. The second-order valence-corrected chi connectivity index (χ2v) is 7.58. The monoisotopic (exact) mass is 448 g/mol. The van der Waals surface area contributed by atoms with E-state index in [2.05, 4.69) is 0 Å². The molecule has 3 rings (SSSR count). The fourth-order valence-corrected chi connectivity index (χ4v) is 4.31. The molecule has 8 nitrogen and oxygen atoms in total. The molecule has 0 radical (unpaired) electrons. The van der Waals surface area contributed by atoms with E-state index in [0.717, 1.165) is 11.1 Å². The van der Waals surface area contributed by atoms with Crippen LogP contribution < -0.4 is 28.4 Å². The lowest BCUT2D eigenvalue weighted by molar-refractivity contribution is -0.0820. The first-order valence-corrected chi connectivity index (χ1v) is 10.4. The molecule has 176 valence electrons. The highest BCUT2D eigenvalue weighted by atomic mass is 16.6. The Morgan fingerprint density at radius 1 is 0.750 bits per heavy atom. The van der Waals surface area contributed by atoms with Crippen molar-refractivity contribution in [2.75, 3.05) is 49.3 Å². The molecule has 3 unspecified atom stereocenters. The van der Waals surface area contributed by atoms with E-state index >= 15 is 0 Å². The summed E-state index contributed by atoms with van der Waals surface area (Å²) in [5.41, 5.74) is 1.92. The molecule has 1 N–H and O–H groups in total. The van der Waals surface area contributed by atoms with Crippen LogP contribution in [0.4, 0.5) is 0 Å². The normalized spacial score (nSPS) is 20.0. The summed E-state index contributed by atoms with van der Waals surface area (Å²) in [7, 11) is 9.52. The number of rotatable bonds is 10. The van der Waals surface area contributed by atoms with E-state index < -0.39 is 6.29 Å². The van der Waals surface area contributed by atoms with Crippen LogP contribution >= 0.6 is 0 Å². The van der Waals surface area contributed by atoms with Crippen LogP contribution in [-0.4, -0.2) is 60.7 Å². The van der Waals surface area contributed by atoms with Crippen molar-refractivity contribution in [3.8, 4) is 34.5 Å². The number of aliphatic hydroxyl groups is 1. The molecule has 1 saturated heterocycles. The van der Waals surface area contributed by atoms with Gasteiger partial charge in [0.05, 0.1) is 49.3 Å². The first kappa shape index (κ1) is 23.8. The van der Waals surface area contributed by atoms with Gasteiger partial charge in [-0.3, -0.25) is 0 Å². The van der Waals surface area contributed by atoms with Crippen LogP contribution in [0.5, 0.6) is 34.5 Å². The molecule has 0 aromatic heterocycles. The summed E-state index contributed by atoms with van der Waals surface area (Å²) in [5.74, 6) is 3.40. The van der Waals surface area contributed by atoms with Crippen LogP contribution in [0, 0.1) is 11.8 Å². The van der Waals surface area contributed by atoms with Gasteiger partial charge in [-0.15, -0.1) is 0 Å². The lowest BCUT2D eigenvalue weighted by atomic mass is 9.84. The zero-order chi connectivity index (χ0) is 23.3. The molecule has 0 amide bonds. The predicted molar refractivity (Wildman–Crippen MR) is 119 cm³/mol. The molecule has 2 aromatic rings. The standard InChI is InChI=1S/C24H32O8/c1-26-18-8-7-15(21(29-4)23(18)31-6)12-16-13-32-24(25)17(16)9-14-10-19(27-2)22(30-5)20(11-14)28-3/h7-8,10-11,16-17,24-25H,9,12-13H2,1-6H3. The molecule has 1 aliphatic rings. The zero-order valence-electron chi connectivity index (χ0n) is 19.5. The molecule has 0 saturated carbocycles. The highest BCUT2D eigenvalue weighted by Crippen LogP contribution is 2.43. The molecule has 0 spiro atoms. The number of hydrogen-bond acceptors (Lipinski definition) is 8. The summed E-state index contributed by atoms with van der Waals surface area (Å²) in [5, 5.41) is 10.6. The van der Waals surface area contributed by atoms with Crippen molar-refractivity contribution in [2.24, 2.45) is 11.8 Å². The van der Waals surface area contributed by atoms with Gasteiger partial charge in [-0.2, -0.15) is 0 Å². The Kier molecular flexibility index (Phi) is 7.93. The maximum absolute atomic E-state index is 10.6. The van der Waals surface area contributed by atoms with Crippen molar-refractivity contribution in [3.63, 3.8) is 0 Å². The molecule has 2 aromatic carbocycles. The molecule has 0 bridgehead atoms. The Hall–Kier alpha value is -2.84. The van der Waals surface area contributed by atoms with Gasteiger partial charge < -0.3 is 38.3 Å². The highest BCUT2D eigenvalue weighted by Gasteiger charge is 2.37. The fraction of sp³-hybridized carbons (Fsp3) is 0.500. The van der Waals surface area contributed by atoms with Crippen LogP contribution in [0.1, 0.15) is 11.1 Å². The molecule has 0 aliphatic carbocycles. The predicted octanol–water partition coefficient (Wildman–Crippen LogP) is 3.10. The Labute approximate surface area is 188 Å². The van der Waals surface area contributed by atoms with Crippen molar-refractivity contribution in [3.05, 3.63) is 35.4 Å². The van der Waals surface area contributed by atoms with Crippen molar-refractivity contribution >= 4 is 0 Å². The van der Waals surface area contributed by atoms with Crippen LogP contribution in [0.3, 0.4) is 0 Å². The number of benzene rings is 2. The molecule has 3 atom stereocenters. The second-order valence-electron chi connectivity index (χ2n) is 7.58. The molecule has 1 aliphatic heterocycles. The maximum Gasteiger partial charge on any atom is 0.203 e. The summed E-state index contributed by atoms with van der Waals surface area (Å²) in [4.78, 5) is 0. The fourth-order valence-electron chi connectivity index (χ4n) is 4.31. The van der Waals surface area contributed by atoms with Crippen LogP contribution in [0.25, 0.3) is 0 Å². The third kappa shape index (κ3) is 4.66. The minimum atomic E-state index is -0.870. The SMILES string of the molecule is COc1cc(CC2C(Cc3ccc(OC)c(OC)c3OC)COC2O)cc(OC)c1OC. The largest absolute Gasteiger partial charge is 0.493 e. The van der Waals surface area contributed by atoms with E-state index in [-0.39, 0.29) is 11.8 Å². The van der Waals surface area contributed by atoms with E-state index in [1.807, 2.05) is 24.3 Å². The molecule has 32 heavy (non-hydrogen) atoms. The summed E-state index contributed by atoms with van der Waals surface area (Å²) in [6.07, 6.45) is 0.360. The third-order valence-electron chi connectivity index (χ3n) is 5.92. The maximum atomic E-state index is 10.6. The molecular weight excluding hydrogens is 416 g/mol. The van der Waals surface area contributed by atoms with Gasteiger partial charge in [0, 0.05) is 5.92 Å². The van der Waals surface area contributed by atoms with E-state index in [1.165, 1.54) is 0 Å². The minimum Gasteiger partial charge on any atom is -0.493 e. The Morgan fingerprint density at radius 2 is 1.34 bits per heavy atom. The molecule has 8 heteroatoms. The zero-order valence-corrected chi connectivity index (χ0v) is 19.5. The Bertz CT molecular complexity index is 888. The number of aliphatic hydroxyl groups excluding tert-OH is 1. The Balaban J connectivity index is 1.88. The van der Waals surface area contributed by atoms with Crippen molar-refractivity contribution in [2.45, 2.75) is 19.1 Å². The first-order valence-electron chi connectivity index (χ1n) is 10.4. The van der Waals surface area contributed by atoms with Crippen LogP contribution in [0.15, 0.2) is 24.3 Å². The smallest absolute Gasteiger partial charge is 0.203 e. The number of hydrogen-bond donors (Lipinski definition) is 1. The average Bonchev–Trinajstić information content (AvgIpc) is 3.16.